The van der Waals surface area contributed by atoms with Crippen LogP contribution in [0.5, 0.6) is 0 Å². The SMILES string of the molecule is CS(=O)(=O)OC1CCC(=O)NC1=O. The van der Waals surface area contributed by atoms with Gasteiger partial charge in [0.25, 0.3) is 16.0 Å². The van der Waals surface area contributed by atoms with E-state index in [0.717, 1.165) is 6.26 Å². The second kappa shape index (κ2) is 3.43. The van der Waals surface area contributed by atoms with E-state index < -0.39 is 28.0 Å². The van der Waals surface area contributed by atoms with Gasteiger partial charge < -0.3 is 0 Å². The molecule has 1 aliphatic heterocycles. The van der Waals surface area contributed by atoms with E-state index in [4.69, 9.17) is 0 Å². The molecule has 1 rings (SSSR count). The third kappa shape index (κ3) is 3.11. The number of amides is 2. The van der Waals surface area contributed by atoms with Gasteiger partial charge >= 0.3 is 0 Å². The molecule has 1 aliphatic rings. The number of hydrogen-bond acceptors (Lipinski definition) is 5. The average Bonchev–Trinajstić information content (AvgIpc) is 1.93. The second-order valence-corrected chi connectivity index (χ2v) is 4.34. The number of carbonyl (C=O) groups is 2. The summed E-state index contributed by atoms with van der Waals surface area (Å²) in [5.74, 6) is -1.10. The van der Waals surface area contributed by atoms with E-state index in [1.165, 1.54) is 0 Å². The van der Waals surface area contributed by atoms with Gasteiger partial charge in [-0.3, -0.25) is 19.1 Å². The molecule has 1 N–H and O–H groups in total. The molecule has 1 heterocycles. The zero-order valence-corrected chi connectivity index (χ0v) is 7.76. The Hall–Kier alpha value is -0.950. The fraction of sp³-hybridized carbons (Fsp3) is 0.667. The molecular formula is C6H9NO5S. The lowest BCUT2D eigenvalue weighted by atomic mass is 10.1. The zero-order valence-electron chi connectivity index (χ0n) is 6.94. The molecule has 1 fully saturated rings. The summed E-state index contributed by atoms with van der Waals surface area (Å²) in [6, 6.07) is 0. The van der Waals surface area contributed by atoms with Crippen molar-refractivity contribution in [1.82, 2.24) is 5.32 Å². The van der Waals surface area contributed by atoms with Crippen LogP contribution >= 0.6 is 0 Å². The fourth-order valence-electron chi connectivity index (χ4n) is 0.976. The number of nitrogens with one attached hydrogen (secondary N) is 1. The summed E-state index contributed by atoms with van der Waals surface area (Å²) < 4.78 is 25.7. The van der Waals surface area contributed by atoms with Crippen molar-refractivity contribution < 1.29 is 22.2 Å². The minimum Gasteiger partial charge on any atom is -0.294 e. The van der Waals surface area contributed by atoms with Gasteiger partial charge in [0.2, 0.25) is 5.91 Å². The number of hydrogen-bond donors (Lipinski definition) is 1. The van der Waals surface area contributed by atoms with Crippen molar-refractivity contribution in [3.8, 4) is 0 Å². The zero-order chi connectivity index (χ0) is 10.1. The molecule has 0 aromatic heterocycles. The molecule has 0 aromatic rings. The van der Waals surface area contributed by atoms with Crippen LogP contribution in [-0.2, 0) is 23.9 Å². The van der Waals surface area contributed by atoms with Gasteiger partial charge in [0, 0.05) is 6.42 Å². The van der Waals surface area contributed by atoms with Gasteiger partial charge in [-0.25, -0.2) is 0 Å². The van der Waals surface area contributed by atoms with Crippen molar-refractivity contribution in [3.63, 3.8) is 0 Å². The molecule has 0 radical (unpaired) electrons. The van der Waals surface area contributed by atoms with Crippen LogP contribution in [0.4, 0.5) is 0 Å². The van der Waals surface area contributed by atoms with Crippen LogP contribution in [0.25, 0.3) is 0 Å². The Bertz CT molecular complexity index is 333. The minimum absolute atomic E-state index is 0.103. The van der Waals surface area contributed by atoms with Crippen LogP contribution in [-0.4, -0.2) is 32.6 Å². The number of rotatable bonds is 2. The van der Waals surface area contributed by atoms with Gasteiger partial charge in [-0.05, 0) is 6.42 Å². The Morgan fingerprint density at radius 3 is 2.54 bits per heavy atom. The van der Waals surface area contributed by atoms with Crippen LogP contribution in [0.15, 0.2) is 0 Å². The van der Waals surface area contributed by atoms with E-state index in [9.17, 15) is 18.0 Å². The van der Waals surface area contributed by atoms with Crippen molar-refractivity contribution in [2.75, 3.05) is 6.26 Å². The summed E-state index contributed by atoms with van der Waals surface area (Å²) in [5.41, 5.74) is 0. The highest BCUT2D eigenvalue weighted by atomic mass is 32.2. The lowest BCUT2D eigenvalue weighted by Gasteiger charge is -2.19. The quantitative estimate of drug-likeness (QED) is 0.452. The molecule has 0 spiro atoms. The standard InChI is InChI=1S/C6H9NO5S/c1-13(10,11)12-4-2-3-5(8)7-6(4)9/h4H,2-3H2,1H3,(H,7,8,9). The maximum absolute atomic E-state index is 11.0. The van der Waals surface area contributed by atoms with Gasteiger partial charge in [0.15, 0.2) is 6.10 Å². The molecular weight excluding hydrogens is 198 g/mol. The predicted molar refractivity (Wildman–Crippen MR) is 42.1 cm³/mol. The van der Waals surface area contributed by atoms with E-state index in [1.54, 1.807) is 0 Å². The normalized spacial score (nSPS) is 24.2. The van der Waals surface area contributed by atoms with Crippen LogP contribution in [0.3, 0.4) is 0 Å². The van der Waals surface area contributed by atoms with Crippen molar-refractivity contribution in [2.24, 2.45) is 0 Å². The van der Waals surface area contributed by atoms with E-state index >= 15 is 0 Å². The first-order chi connectivity index (χ1) is 5.88. The van der Waals surface area contributed by atoms with E-state index in [0.29, 0.717) is 0 Å². The number of carbonyl (C=O) groups excluding carboxylic acids is 2. The highest BCUT2D eigenvalue weighted by Crippen LogP contribution is 2.10. The van der Waals surface area contributed by atoms with Crippen LogP contribution < -0.4 is 5.32 Å². The summed E-state index contributed by atoms with van der Waals surface area (Å²) in [7, 11) is -3.65. The number of piperidine rings is 1. The minimum atomic E-state index is -3.65. The van der Waals surface area contributed by atoms with Crippen molar-refractivity contribution in [1.29, 1.82) is 0 Å². The molecule has 13 heavy (non-hydrogen) atoms. The van der Waals surface area contributed by atoms with Crippen molar-refractivity contribution >= 4 is 21.9 Å². The molecule has 0 aliphatic carbocycles. The molecule has 1 saturated heterocycles. The fourth-order valence-corrected chi connectivity index (χ4v) is 1.58. The van der Waals surface area contributed by atoms with Crippen molar-refractivity contribution in [3.05, 3.63) is 0 Å². The first-order valence-electron chi connectivity index (χ1n) is 3.60. The third-order valence-electron chi connectivity index (χ3n) is 1.48. The molecule has 74 valence electrons. The Kier molecular flexibility index (Phi) is 2.67. The smallest absolute Gasteiger partial charge is 0.265 e. The van der Waals surface area contributed by atoms with Gasteiger partial charge in [-0.15, -0.1) is 0 Å². The van der Waals surface area contributed by atoms with Crippen LogP contribution in [0.1, 0.15) is 12.8 Å². The van der Waals surface area contributed by atoms with E-state index in [2.05, 4.69) is 4.18 Å². The molecule has 0 saturated carbocycles. The Balaban J connectivity index is 2.63. The monoisotopic (exact) mass is 207 g/mol. The molecule has 0 aromatic carbocycles. The second-order valence-electron chi connectivity index (χ2n) is 2.74. The molecule has 1 unspecified atom stereocenters. The highest BCUT2D eigenvalue weighted by molar-refractivity contribution is 7.86. The highest BCUT2D eigenvalue weighted by Gasteiger charge is 2.29. The van der Waals surface area contributed by atoms with E-state index in [-0.39, 0.29) is 12.8 Å². The Morgan fingerprint density at radius 1 is 1.46 bits per heavy atom. The average molecular weight is 207 g/mol. The first-order valence-corrected chi connectivity index (χ1v) is 5.42. The summed E-state index contributed by atoms with van der Waals surface area (Å²) in [4.78, 5) is 21.6. The molecule has 6 nitrogen and oxygen atoms in total. The Labute approximate surface area is 75.4 Å². The van der Waals surface area contributed by atoms with Crippen LogP contribution in [0, 0.1) is 0 Å². The van der Waals surface area contributed by atoms with Gasteiger partial charge in [0.05, 0.1) is 6.26 Å². The summed E-state index contributed by atoms with van der Waals surface area (Å²) in [6.07, 6.45) is 0.00750. The van der Waals surface area contributed by atoms with Gasteiger partial charge in [-0.1, -0.05) is 0 Å². The van der Waals surface area contributed by atoms with Crippen LogP contribution in [0.2, 0.25) is 0 Å². The summed E-state index contributed by atoms with van der Waals surface area (Å²) >= 11 is 0. The third-order valence-corrected chi connectivity index (χ3v) is 2.06. The lowest BCUT2D eigenvalue weighted by molar-refractivity contribution is -0.138. The maximum atomic E-state index is 11.0. The van der Waals surface area contributed by atoms with Crippen molar-refractivity contribution in [2.45, 2.75) is 18.9 Å². The van der Waals surface area contributed by atoms with Gasteiger partial charge in [0.1, 0.15) is 0 Å². The summed E-state index contributed by atoms with van der Waals surface area (Å²) in [5, 5.41) is 1.98. The molecule has 7 heteroatoms. The lowest BCUT2D eigenvalue weighted by Crippen LogP contribution is -2.45. The predicted octanol–water partition coefficient (Wildman–Crippen LogP) is -1.23. The van der Waals surface area contributed by atoms with Gasteiger partial charge in [-0.2, -0.15) is 8.42 Å². The Morgan fingerprint density at radius 2 is 2.08 bits per heavy atom. The topological polar surface area (TPSA) is 89.5 Å². The van der Waals surface area contributed by atoms with E-state index in [1.807, 2.05) is 5.32 Å². The maximum Gasteiger partial charge on any atom is 0.265 e. The number of imide groups is 1. The molecule has 0 bridgehead atoms. The first kappa shape index (κ1) is 10.1. The molecule has 1 atom stereocenters. The summed E-state index contributed by atoms with van der Waals surface area (Å²) in [6.45, 7) is 0. The largest absolute Gasteiger partial charge is 0.294 e. The molecule has 2 amide bonds.